The van der Waals surface area contributed by atoms with Gasteiger partial charge in [0.15, 0.2) is 0 Å². The maximum absolute atomic E-state index is 12.3. The Morgan fingerprint density at radius 2 is 2.20 bits per heavy atom. The van der Waals surface area contributed by atoms with E-state index in [1.165, 1.54) is 0 Å². The Bertz CT molecular complexity index is 441. The van der Waals surface area contributed by atoms with Crippen molar-refractivity contribution in [1.29, 1.82) is 0 Å². The first-order chi connectivity index (χ1) is 9.70. The predicted octanol–water partition coefficient (Wildman–Crippen LogP) is 1.58. The third-order valence-corrected chi connectivity index (χ3v) is 3.82. The largest absolute Gasteiger partial charge is 0.383 e. The molecule has 0 aliphatic carbocycles. The van der Waals surface area contributed by atoms with Crippen molar-refractivity contribution in [3.05, 3.63) is 24.0 Å². The smallest absolute Gasteiger partial charge is 0.253 e. The molecule has 1 aromatic rings. The van der Waals surface area contributed by atoms with Crippen LogP contribution in [0.15, 0.2) is 18.5 Å². The second-order valence-corrected chi connectivity index (χ2v) is 5.41. The van der Waals surface area contributed by atoms with Crippen LogP contribution in [0, 0.1) is 5.92 Å². The molecule has 5 heteroatoms. The second kappa shape index (κ2) is 7.24. The number of anilines is 1. The van der Waals surface area contributed by atoms with Gasteiger partial charge < -0.3 is 15.5 Å². The van der Waals surface area contributed by atoms with Crippen molar-refractivity contribution in [3.63, 3.8) is 0 Å². The van der Waals surface area contributed by atoms with E-state index in [1.54, 1.807) is 18.5 Å². The average molecular weight is 276 g/mol. The number of hydrogen-bond acceptors (Lipinski definition) is 4. The summed E-state index contributed by atoms with van der Waals surface area (Å²) in [4.78, 5) is 18.7. The SMILES string of the molecule is CCNc1cnccc1C(=O)NCC1CCN(C)CC1. The summed E-state index contributed by atoms with van der Waals surface area (Å²) in [5, 5.41) is 6.23. The molecule has 1 amide bonds. The summed E-state index contributed by atoms with van der Waals surface area (Å²) in [5.41, 5.74) is 1.48. The molecule has 1 aliphatic rings. The lowest BCUT2D eigenvalue weighted by Gasteiger charge is -2.29. The standard InChI is InChI=1S/C15H24N4O/c1-3-17-14-11-16-7-4-13(14)15(20)18-10-12-5-8-19(2)9-6-12/h4,7,11-12,17H,3,5-6,8-10H2,1-2H3,(H,18,20). The van der Waals surface area contributed by atoms with Crippen molar-refractivity contribution in [1.82, 2.24) is 15.2 Å². The van der Waals surface area contributed by atoms with Crippen molar-refractivity contribution in [2.24, 2.45) is 5.92 Å². The van der Waals surface area contributed by atoms with E-state index in [9.17, 15) is 4.79 Å². The lowest BCUT2D eigenvalue weighted by molar-refractivity contribution is 0.0939. The van der Waals surface area contributed by atoms with E-state index < -0.39 is 0 Å². The summed E-state index contributed by atoms with van der Waals surface area (Å²) in [6, 6.07) is 1.77. The van der Waals surface area contributed by atoms with E-state index in [0.29, 0.717) is 11.5 Å². The molecule has 0 unspecified atom stereocenters. The highest BCUT2D eigenvalue weighted by atomic mass is 16.1. The van der Waals surface area contributed by atoms with Gasteiger partial charge in [-0.3, -0.25) is 9.78 Å². The summed E-state index contributed by atoms with van der Waals surface area (Å²) in [5.74, 6) is 0.585. The summed E-state index contributed by atoms with van der Waals surface area (Å²) >= 11 is 0. The molecule has 0 saturated carbocycles. The number of carbonyl (C=O) groups is 1. The Labute approximate surface area is 120 Å². The third-order valence-electron chi connectivity index (χ3n) is 3.82. The molecule has 0 atom stereocenters. The fraction of sp³-hybridized carbons (Fsp3) is 0.600. The molecule has 1 saturated heterocycles. The van der Waals surface area contributed by atoms with E-state index >= 15 is 0 Å². The first kappa shape index (κ1) is 14.8. The maximum atomic E-state index is 12.3. The zero-order valence-corrected chi connectivity index (χ0v) is 12.4. The third kappa shape index (κ3) is 3.93. The number of piperidine rings is 1. The Morgan fingerprint density at radius 1 is 1.45 bits per heavy atom. The van der Waals surface area contributed by atoms with Crippen molar-refractivity contribution in [2.75, 3.05) is 38.5 Å². The Balaban J connectivity index is 1.88. The molecule has 1 aliphatic heterocycles. The van der Waals surface area contributed by atoms with Gasteiger partial charge in [-0.1, -0.05) is 0 Å². The molecule has 5 nitrogen and oxygen atoms in total. The fourth-order valence-electron chi connectivity index (χ4n) is 2.52. The van der Waals surface area contributed by atoms with E-state index in [0.717, 1.165) is 44.7 Å². The van der Waals surface area contributed by atoms with E-state index in [1.807, 2.05) is 6.92 Å². The Kier molecular flexibility index (Phi) is 5.35. The monoisotopic (exact) mass is 276 g/mol. The molecule has 0 spiro atoms. The summed E-state index contributed by atoms with van der Waals surface area (Å²) in [6.45, 7) is 5.80. The molecule has 0 radical (unpaired) electrons. The van der Waals surface area contributed by atoms with Crippen LogP contribution < -0.4 is 10.6 Å². The molecule has 0 aromatic carbocycles. The predicted molar refractivity (Wildman–Crippen MR) is 81.0 cm³/mol. The zero-order valence-electron chi connectivity index (χ0n) is 12.4. The lowest BCUT2D eigenvalue weighted by Crippen LogP contribution is -2.37. The van der Waals surface area contributed by atoms with Crippen LogP contribution in [0.5, 0.6) is 0 Å². The number of aromatic nitrogens is 1. The minimum Gasteiger partial charge on any atom is -0.383 e. The van der Waals surface area contributed by atoms with Crippen molar-refractivity contribution in [2.45, 2.75) is 19.8 Å². The normalized spacial score (nSPS) is 16.9. The van der Waals surface area contributed by atoms with Crippen LogP contribution in [0.2, 0.25) is 0 Å². The number of pyridine rings is 1. The van der Waals surface area contributed by atoms with Gasteiger partial charge in [0.05, 0.1) is 17.4 Å². The number of nitrogens with one attached hydrogen (secondary N) is 2. The Morgan fingerprint density at radius 3 is 2.90 bits per heavy atom. The van der Waals surface area contributed by atoms with Gasteiger partial charge in [0.2, 0.25) is 0 Å². The van der Waals surface area contributed by atoms with Gasteiger partial charge in [-0.15, -0.1) is 0 Å². The first-order valence-corrected chi connectivity index (χ1v) is 7.35. The lowest BCUT2D eigenvalue weighted by atomic mass is 9.97. The number of hydrogen-bond donors (Lipinski definition) is 2. The zero-order chi connectivity index (χ0) is 14.4. The average Bonchev–Trinajstić information content (AvgIpc) is 2.47. The van der Waals surface area contributed by atoms with Crippen molar-refractivity contribution in [3.8, 4) is 0 Å². The number of likely N-dealkylation sites (tertiary alicyclic amines) is 1. The van der Waals surface area contributed by atoms with Crippen LogP contribution in [-0.2, 0) is 0 Å². The van der Waals surface area contributed by atoms with Crippen molar-refractivity contribution < 1.29 is 4.79 Å². The molecule has 2 rings (SSSR count). The van der Waals surface area contributed by atoms with Crippen LogP contribution in [0.4, 0.5) is 5.69 Å². The number of amides is 1. The second-order valence-electron chi connectivity index (χ2n) is 5.41. The first-order valence-electron chi connectivity index (χ1n) is 7.35. The van der Waals surface area contributed by atoms with Crippen molar-refractivity contribution >= 4 is 11.6 Å². The quantitative estimate of drug-likeness (QED) is 0.857. The molecule has 1 fully saturated rings. The Hall–Kier alpha value is -1.62. The highest BCUT2D eigenvalue weighted by Gasteiger charge is 2.18. The van der Waals surface area contributed by atoms with E-state index in [-0.39, 0.29) is 5.91 Å². The highest BCUT2D eigenvalue weighted by molar-refractivity contribution is 5.99. The van der Waals surface area contributed by atoms with Crippen LogP contribution in [0.1, 0.15) is 30.1 Å². The number of carbonyl (C=O) groups excluding carboxylic acids is 1. The molecule has 2 N–H and O–H groups in total. The minimum absolute atomic E-state index is 0.0118. The van der Waals surface area contributed by atoms with Gasteiger partial charge in [-0.05, 0) is 51.9 Å². The number of nitrogens with zero attached hydrogens (tertiary/aromatic N) is 2. The maximum Gasteiger partial charge on any atom is 0.253 e. The molecule has 20 heavy (non-hydrogen) atoms. The molecular formula is C15H24N4O. The minimum atomic E-state index is -0.0118. The van der Waals surface area contributed by atoms with Gasteiger partial charge in [-0.25, -0.2) is 0 Å². The van der Waals surface area contributed by atoms with Gasteiger partial charge in [0.25, 0.3) is 5.91 Å². The van der Waals surface area contributed by atoms with Crippen LogP contribution in [0.25, 0.3) is 0 Å². The summed E-state index contributed by atoms with van der Waals surface area (Å²) in [6.07, 6.45) is 5.68. The van der Waals surface area contributed by atoms with Crippen LogP contribution in [-0.4, -0.2) is 49.0 Å². The van der Waals surface area contributed by atoms with Crippen LogP contribution in [0.3, 0.4) is 0 Å². The summed E-state index contributed by atoms with van der Waals surface area (Å²) in [7, 11) is 2.15. The molecule has 2 heterocycles. The van der Waals surface area contributed by atoms with Gasteiger partial charge in [0.1, 0.15) is 0 Å². The number of rotatable bonds is 5. The van der Waals surface area contributed by atoms with Gasteiger partial charge in [0, 0.05) is 19.3 Å². The molecule has 1 aromatic heterocycles. The van der Waals surface area contributed by atoms with Gasteiger partial charge in [-0.2, -0.15) is 0 Å². The van der Waals surface area contributed by atoms with E-state index in [4.69, 9.17) is 0 Å². The molecule has 110 valence electrons. The van der Waals surface area contributed by atoms with Crippen LogP contribution >= 0.6 is 0 Å². The summed E-state index contributed by atoms with van der Waals surface area (Å²) < 4.78 is 0. The molecular weight excluding hydrogens is 252 g/mol. The molecule has 0 bridgehead atoms. The topological polar surface area (TPSA) is 57.3 Å². The highest BCUT2D eigenvalue weighted by Crippen LogP contribution is 2.16. The fourth-order valence-corrected chi connectivity index (χ4v) is 2.52. The van der Waals surface area contributed by atoms with E-state index in [2.05, 4.69) is 27.6 Å². The van der Waals surface area contributed by atoms with Gasteiger partial charge >= 0.3 is 0 Å².